The SMILES string of the molecule is Cc1ccc(C)c(NNc2cc(Cl)cc(Cl)c2C)c1C. The number of aryl methyl sites for hydroxylation is 2. The van der Waals surface area contributed by atoms with Crippen molar-refractivity contribution in [2.75, 3.05) is 10.9 Å². The van der Waals surface area contributed by atoms with Crippen LogP contribution in [-0.2, 0) is 0 Å². The van der Waals surface area contributed by atoms with Gasteiger partial charge < -0.3 is 10.9 Å². The molecule has 0 saturated carbocycles. The Morgan fingerprint density at radius 2 is 1.45 bits per heavy atom. The van der Waals surface area contributed by atoms with Gasteiger partial charge in [0.1, 0.15) is 0 Å². The van der Waals surface area contributed by atoms with Crippen molar-refractivity contribution >= 4 is 34.6 Å². The second-order valence-electron chi connectivity index (χ2n) is 5.01. The van der Waals surface area contributed by atoms with Crippen LogP contribution in [0.3, 0.4) is 0 Å². The van der Waals surface area contributed by atoms with Crippen molar-refractivity contribution in [2.45, 2.75) is 27.7 Å². The van der Waals surface area contributed by atoms with Crippen molar-refractivity contribution < 1.29 is 0 Å². The fraction of sp³-hybridized carbons (Fsp3) is 0.250. The maximum Gasteiger partial charge on any atom is 0.0600 e. The Morgan fingerprint density at radius 1 is 0.800 bits per heavy atom. The molecule has 2 rings (SSSR count). The number of hydrogen-bond acceptors (Lipinski definition) is 2. The van der Waals surface area contributed by atoms with Crippen LogP contribution in [0, 0.1) is 27.7 Å². The fourth-order valence-corrected chi connectivity index (χ4v) is 2.54. The smallest absolute Gasteiger partial charge is 0.0600 e. The van der Waals surface area contributed by atoms with Crippen LogP contribution in [0.5, 0.6) is 0 Å². The standard InChI is InChI=1S/C16H18Cl2N2/c1-9-5-6-10(2)16(11(9)3)20-19-15-8-13(17)7-14(18)12(15)4/h5-8,19-20H,1-4H3. The van der Waals surface area contributed by atoms with E-state index in [9.17, 15) is 0 Å². The van der Waals surface area contributed by atoms with Gasteiger partial charge in [0.15, 0.2) is 0 Å². The first-order chi connectivity index (χ1) is 9.40. The van der Waals surface area contributed by atoms with E-state index in [1.54, 1.807) is 6.07 Å². The van der Waals surface area contributed by atoms with Crippen LogP contribution in [0.1, 0.15) is 22.3 Å². The van der Waals surface area contributed by atoms with E-state index in [4.69, 9.17) is 23.2 Å². The van der Waals surface area contributed by atoms with Crippen LogP contribution >= 0.6 is 23.2 Å². The molecule has 0 fully saturated rings. The first-order valence-corrected chi connectivity index (χ1v) is 7.20. The molecule has 0 unspecified atom stereocenters. The lowest BCUT2D eigenvalue weighted by Gasteiger charge is -2.18. The summed E-state index contributed by atoms with van der Waals surface area (Å²) < 4.78 is 0. The Hall–Kier alpha value is -1.38. The van der Waals surface area contributed by atoms with Gasteiger partial charge in [-0.15, -0.1) is 0 Å². The number of benzene rings is 2. The van der Waals surface area contributed by atoms with Crippen LogP contribution in [0.25, 0.3) is 0 Å². The van der Waals surface area contributed by atoms with Crippen molar-refractivity contribution in [1.82, 2.24) is 0 Å². The number of hydrogen-bond donors (Lipinski definition) is 2. The number of rotatable bonds is 3. The summed E-state index contributed by atoms with van der Waals surface area (Å²) in [6.07, 6.45) is 0. The number of anilines is 2. The quantitative estimate of drug-likeness (QED) is 0.714. The Labute approximate surface area is 130 Å². The van der Waals surface area contributed by atoms with Crippen molar-refractivity contribution in [1.29, 1.82) is 0 Å². The van der Waals surface area contributed by atoms with Gasteiger partial charge in [-0.1, -0.05) is 35.3 Å². The van der Waals surface area contributed by atoms with Crippen LogP contribution in [0.15, 0.2) is 24.3 Å². The number of nitrogens with one attached hydrogen (secondary N) is 2. The predicted octanol–water partition coefficient (Wildman–Crippen LogP) is 5.67. The zero-order valence-electron chi connectivity index (χ0n) is 12.1. The third-order valence-electron chi connectivity index (χ3n) is 3.58. The average Bonchev–Trinajstić information content (AvgIpc) is 2.39. The van der Waals surface area contributed by atoms with Crippen molar-refractivity contribution in [3.63, 3.8) is 0 Å². The second kappa shape index (κ2) is 5.94. The molecule has 0 bridgehead atoms. The third kappa shape index (κ3) is 3.02. The van der Waals surface area contributed by atoms with Gasteiger partial charge in [-0.2, -0.15) is 0 Å². The van der Waals surface area contributed by atoms with Crippen LogP contribution in [-0.4, -0.2) is 0 Å². The van der Waals surface area contributed by atoms with Gasteiger partial charge in [-0.05, 0) is 62.1 Å². The van der Waals surface area contributed by atoms with Crippen molar-refractivity contribution in [2.24, 2.45) is 0 Å². The highest BCUT2D eigenvalue weighted by atomic mass is 35.5. The summed E-state index contributed by atoms with van der Waals surface area (Å²) >= 11 is 12.2. The first-order valence-electron chi connectivity index (χ1n) is 6.44. The molecule has 0 atom stereocenters. The second-order valence-corrected chi connectivity index (χ2v) is 5.85. The molecule has 0 aliphatic heterocycles. The predicted molar refractivity (Wildman–Crippen MR) is 89.1 cm³/mol. The van der Waals surface area contributed by atoms with Crippen molar-refractivity contribution in [3.05, 3.63) is 56.6 Å². The van der Waals surface area contributed by atoms with E-state index in [-0.39, 0.29) is 0 Å². The van der Waals surface area contributed by atoms with E-state index in [2.05, 4.69) is 43.8 Å². The number of halogens is 2. The molecule has 0 saturated heterocycles. The van der Waals surface area contributed by atoms with E-state index in [1.165, 1.54) is 16.7 Å². The molecule has 0 aromatic heterocycles. The van der Waals surface area contributed by atoms with Crippen molar-refractivity contribution in [3.8, 4) is 0 Å². The highest BCUT2D eigenvalue weighted by molar-refractivity contribution is 6.35. The van der Waals surface area contributed by atoms with E-state index in [0.29, 0.717) is 10.0 Å². The molecule has 2 aromatic rings. The largest absolute Gasteiger partial charge is 0.301 e. The Morgan fingerprint density at radius 3 is 2.15 bits per heavy atom. The van der Waals surface area contributed by atoms with E-state index in [1.807, 2.05) is 13.0 Å². The number of hydrazine groups is 1. The Kier molecular flexibility index (Phi) is 4.46. The normalized spacial score (nSPS) is 10.5. The zero-order chi connectivity index (χ0) is 14.9. The topological polar surface area (TPSA) is 24.1 Å². The Balaban J connectivity index is 2.28. The minimum absolute atomic E-state index is 0.614. The molecule has 0 radical (unpaired) electrons. The summed E-state index contributed by atoms with van der Waals surface area (Å²) in [5.41, 5.74) is 13.1. The monoisotopic (exact) mass is 308 g/mol. The van der Waals surface area contributed by atoms with Gasteiger partial charge >= 0.3 is 0 Å². The highest BCUT2D eigenvalue weighted by Gasteiger charge is 2.07. The molecule has 0 aliphatic carbocycles. The molecule has 106 valence electrons. The summed E-state index contributed by atoms with van der Waals surface area (Å²) in [5.74, 6) is 0. The van der Waals surface area contributed by atoms with Crippen LogP contribution in [0.2, 0.25) is 10.0 Å². The van der Waals surface area contributed by atoms with Gasteiger partial charge in [0, 0.05) is 10.0 Å². The molecule has 0 amide bonds. The molecule has 2 nitrogen and oxygen atoms in total. The lowest BCUT2D eigenvalue weighted by molar-refractivity contribution is 1.25. The van der Waals surface area contributed by atoms with Gasteiger partial charge in [0.05, 0.1) is 11.4 Å². The molecule has 20 heavy (non-hydrogen) atoms. The lowest BCUT2D eigenvalue weighted by atomic mass is 10.0. The van der Waals surface area contributed by atoms with Gasteiger partial charge in [-0.25, -0.2) is 0 Å². The van der Waals surface area contributed by atoms with Gasteiger partial charge in [0.25, 0.3) is 0 Å². The van der Waals surface area contributed by atoms with Gasteiger partial charge in [0.2, 0.25) is 0 Å². The van der Waals surface area contributed by atoms with E-state index < -0.39 is 0 Å². The summed E-state index contributed by atoms with van der Waals surface area (Å²) in [6.45, 7) is 8.23. The summed E-state index contributed by atoms with van der Waals surface area (Å²) in [4.78, 5) is 0. The summed E-state index contributed by atoms with van der Waals surface area (Å²) in [6, 6.07) is 7.82. The van der Waals surface area contributed by atoms with E-state index in [0.717, 1.165) is 16.9 Å². The molecular weight excluding hydrogens is 291 g/mol. The lowest BCUT2D eigenvalue weighted by Crippen LogP contribution is -2.12. The molecule has 0 spiro atoms. The maximum absolute atomic E-state index is 6.14. The van der Waals surface area contributed by atoms with Crippen LogP contribution < -0.4 is 10.9 Å². The van der Waals surface area contributed by atoms with Gasteiger partial charge in [-0.3, -0.25) is 0 Å². The fourth-order valence-electron chi connectivity index (χ4n) is 2.05. The molecular formula is C16H18Cl2N2. The summed E-state index contributed by atoms with van der Waals surface area (Å²) in [7, 11) is 0. The third-order valence-corrected chi connectivity index (χ3v) is 4.19. The minimum atomic E-state index is 0.614. The highest BCUT2D eigenvalue weighted by Crippen LogP contribution is 2.29. The molecule has 4 heteroatoms. The molecule has 2 aromatic carbocycles. The minimum Gasteiger partial charge on any atom is -0.301 e. The zero-order valence-corrected chi connectivity index (χ0v) is 13.6. The Bertz CT molecular complexity index is 651. The van der Waals surface area contributed by atoms with Crippen LogP contribution in [0.4, 0.5) is 11.4 Å². The van der Waals surface area contributed by atoms with E-state index >= 15 is 0 Å². The summed E-state index contributed by atoms with van der Waals surface area (Å²) in [5, 5.41) is 1.27. The molecule has 0 aliphatic rings. The molecule has 0 heterocycles. The first kappa shape index (κ1) is 15.0. The molecule has 2 N–H and O–H groups in total. The maximum atomic E-state index is 6.14. The average molecular weight is 309 g/mol.